The van der Waals surface area contributed by atoms with E-state index in [2.05, 4.69) is 45.6 Å². The van der Waals surface area contributed by atoms with E-state index in [1.54, 1.807) is 17.6 Å². The zero-order chi connectivity index (χ0) is 13.8. The minimum absolute atomic E-state index is 0.0779. The number of benzene rings is 1. The molecule has 2 aromatic rings. The van der Waals surface area contributed by atoms with Crippen LogP contribution in [0.5, 0.6) is 0 Å². The third-order valence-electron chi connectivity index (χ3n) is 2.99. The second-order valence-corrected chi connectivity index (χ2v) is 5.87. The summed E-state index contributed by atoms with van der Waals surface area (Å²) in [6, 6.07) is 14.3. The largest absolute Gasteiger partial charge is 0.179 e. The highest BCUT2D eigenvalue weighted by Gasteiger charge is 2.19. The first-order valence-electron chi connectivity index (χ1n) is 6.43. The molecule has 4 nitrogen and oxygen atoms in total. The van der Waals surface area contributed by atoms with Crippen LogP contribution in [-0.4, -0.2) is 12.1 Å². The molecule has 100 valence electrons. The first kappa shape index (κ1) is 12.9. The molecule has 0 saturated carbocycles. The van der Waals surface area contributed by atoms with Crippen LogP contribution in [-0.2, 0) is 0 Å². The molecule has 1 atom stereocenters. The van der Waals surface area contributed by atoms with Crippen molar-refractivity contribution in [2.75, 3.05) is 0 Å². The van der Waals surface area contributed by atoms with Crippen LogP contribution < -0.4 is 0 Å². The molecule has 0 radical (unpaired) electrons. The Balaban J connectivity index is 1.64. The standard InChI is InChI=1S/C15H14N4S/c1-11-7-8-13(20-11)10-16-18-15-9-14(17-19-15)12-5-3-2-4-6-12/h2-8,10,14H,9H2,1H3/b16-10-,18-15-/t14-/m0/s1. The van der Waals surface area contributed by atoms with Gasteiger partial charge in [0, 0.05) is 16.2 Å². The smallest absolute Gasteiger partial charge is 0.175 e. The maximum absolute atomic E-state index is 4.24. The van der Waals surface area contributed by atoms with E-state index in [4.69, 9.17) is 0 Å². The van der Waals surface area contributed by atoms with E-state index in [0.717, 1.165) is 4.88 Å². The fraction of sp³-hybridized carbons (Fsp3) is 0.200. The monoisotopic (exact) mass is 282 g/mol. The van der Waals surface area contributed by atoms with E-state index < -0.39 is 0 Å². The van der Waals surface area contributed by atoms with Gasteiger partial charge in [-0.1, -0.05) is 30.3 Å². The number of hydrogen-bond donors (Lipinski definition) is 0. The van der Waals surface area contributed by atoms with Gasteiger partial charge in [0.15, 0.2) is 5.84 Å². The second-order valence-electron chi connectivity index (χ2n) is 4.56. The second kappa shape index (κ2) is 5.88. The quantitative estimate of drug-likeness (QED) is 0.592. The molecule has 1 aliphatic heterocycles. The van der Waals surface area contributed by atoms with Gasteiger partial charge in [-0.3, -0.25) is 0 Å². The van der Waals surface area contributed by atoms with Crippen molar-refractivity contribution in [1.29, 1.82) is 0 Å². The van der Waals surface area contributed by atoms with Crippen LogP contribution in [0.1, 0.15) is 27.8 Å². The Morgan fingerprint density at radius 2 is 2.05 bits per heavy atom. The lowest BCUT2D eigenvalue weighted by atomic mass is 10.1. The number of rotatable bonds is 3. The highest BCUT2D eigenvalue weighted by Crippen LogP contribution is 2.27. The predicted molar refractivity (Wildman–Crippen MR) is 82.7 cm³/mol. The van der Waals surface area contributed by atoms with Crippen molar-refractivity contribution in [1.82, 2.24) is 0 Å². The van der Waals surface area contributed by atoms with Gasteiger partial charge in [0.1, 0.15) is 6.04 Å². The highest BCUT2D eigenvalue weighted by atomic mass is 32.1. The minimum Gasteiger partial charge on any atom is -0.179 e. The number of thiophene rings is 1. The number of nitrogens with zero attached hydrogens (tertiary/aromatic N) is 4. The Hall–Kier alpha value is -2.14. The van der Waals surface area contributed by atoms with Gasteiger partial charge in [0.2, 0.25) is 0 Å². The highest BCUT2D eigenvalue weighted by molar-refractivity contribution is 7.13. The lowest BCUT2D eigenvalue weighted by Crippen LogP contribution is -1.95. The number of aryl methyl sites for hydroxylation is 1. The Morgan fingerprint density at radius 3 is 2.80 bits per heavy atom. The molecule has 1 aromatic heterocycles. The van der Waals surface area contributed by atoms with E-state index >= 15 is 0 Å². The fourth-order valence-electron chi connectivity index (χ4n) is 1.99. The average Bonchev–Trinajstić information content (AvgIpc) is 3.09. The third kappa shape index (κ3) is 3.05. The van der Waals surface area contributed by atoms with Crippen LogP contribution in [0.25, 0.3) is 0 Å². The van der Waals surface area contributed by atoms with Crippen LogP contribution >= 0.6 is 11.3 Å². The van der Waals surface area contributed by atoms with Crippen molar-refractivity contribution in [3.8, 4) is 0 Å². The molecule has 2 heterocycles. The van der Waals surface area contributed by atoms with Crippen LogP contribution in [0.4, 0.5) is 0 Å². The van der Waals surface area contributed by atoms with E-state index in [1.807, 2.05) is 24.3 Å². The Morgan fingerprint density at radius 1 is 1.20 bits per heavy atom. The van der Waals surface area contributed by atoms with Crippen molar-refractivity contribution in [3.63, 3.8) is 0 Å². The maximum atomic E-state index is 4.24. The van der Waals surface area contributed by atoms with Gasteiger partial charge in [-0.05, 0) is 24.6 Å². The van der Waals surface area contributed by atoms with Gasteiger partial charge in [-0.25, -0.2) is 0 Å². The van der Waals surface area contributed by atoms with E-state index in [0.29, 0.717) is 12.3 Å². The normalized spacial score (nSPS) is 20.2. The summed E-state index contributed by atoms with van der Waals surface area (Å²) in [4.78, 5) is 2.37. The molecule has 0 aliphatic carbocycles. The Kier molecular flexibility index (Phi) is 3.78. The van der Waals surface area contributed by atoms with Crippen LogP contribution in [0, 0.1) is 6.92 Å². The van der Waals surface area contributed by atoms with E-state index in [-0.39, 0.29) is 6.04 Å². The van der Waals surface area contributed by atoms with Gasteiger partial charge in [0.05, 0.1) is 6.21 Å². The lowest BCUT2D eigenvalue weighted by Gasteiger charge is -2.02. The van der Waals surface area contributed by atoms with Crippen molar-refractivity contribution < 1.29 is 0 Å². The van der Waals surface area contributed by atoms with Crippen molar-refractivity contribution in [2.24, 2.45) is 20.4 Å². The Bertz CT molecular complexity index is 670. The van der Waals surface area contributed by atoms with Crippen LogP contribution in [0.15, 0.2) is 62.9 Å². The van der Waals surface area contributed by atoms with E-state index in [1.165, 1.54) is 10.4 Å². The molecule has 0 N–H and O–H groups in total. The molecule has 0 bridgehead atoms. The third-order valence-corrected chi connectivity index (χ3v) is 3.93. The van der Waals surface area contributed by atoms with Crippen molar-refractivity contribution in [3.05, 3.63) is 57.8 Å². The number of amidine groups is 1. The summed E-state index contributed by atoms with van der Waals surface area (Å²) in [6.07, 6.45) is 2.47. The van der Waals surface area contributed by atoms with Gasteiger partial charge in [-0.15, -0.1) is 21.6 Å². The van der Waals surface area contributed by atoms with E-state index in [9.17, 15) is 0 Å². The minimum atomic E-state index is 0.0779. The summed E-state index contributed by atoms with van der Waals surface area (Å²) in [5.41, 5.74) is 1.17. The molecule has 0 unspecified atom stereocenters. The summed E-state index contributed by atoms with van der Waals surface area (Å²) < 4.78 is 0. The first-order chi connectivity index (χ1) is 9.81. The molecule has 0 spiro atoms. The summed E-state index contributed by atoms with van der Waals surface area (Å²) >= 11 is 1.70. The number of azo groups is 1. The molecule has 1 aliphatic rings. The summed E-state index contributed by atoms with van der Waals surface area (Å²) in [6.45, 7) is 2.07. The average molecular weight is 282 g/mol. The van der Waals surface area contributed by atoms with Gasteiger partial charge < -0.3 is 0 Å². The molecule has 0 saturated heterocycles. The molecule has 1 aromatic carbocycles. The molecular weight excluding hydrogens is 268 g/mol. The summed E-state index contributed by atoms with van der Waals surface area (Å²) in [5.74, 6) is 0.684. The molecule has 3 rings (SSSR count). The zero-order valence-electron chi connectivity index (χ0n) is 11.1. The summed E-state index contributed by atoms with van der Waals surface area (Å²) in [7, 11) is 0. The topological polar surface area (TPSA) is 49.4 Å². The predicted octanol–water partition coefficient (Wildman–Crippen LogP) is 4.39. The maximum Gasteiger partial charge on any atom is 0.175 e. The Labute approximate surface area is 121 Å². The summed E-state index contributed by atoms with van der Waals surface area (Å²) in [5, 5.41) is 16.6. The van der Waals surface area contributed by atoms with Crippen LogP contribution in [0.2, 0.25) is 0 Å². The van der Waals surface area contributed by atoms with Gasteiger partial charge >= 0.3 is 0 Å². The first-order valence-corrected chi connectivity index (χ1v) is 7.25. The molecule has 5 heteroatoms. The fourth-order valence-corrected chi connectivity index (χ4v) is 2.73. The van der Waals surface area contributed by atoms with Crippen molar-refractivity contribution >= 4 is 23.4 Å². The van der Waals surface area contributed by atoms with Gasteiger partial charge in [-0.2, -0.15) is 10.2 Å². The molecule has 20 heavy (non-hydrogen) atoms. The van der Waals surface area contributed by atoms with Crippen LogP contribution in [0.3, 0.4) is 0 Å². The zero-order valence-corrected chi connectivity index (χ0v) is 11.9. The number of hydrogen-bond acceptors (Lipinski definition) is 4. The van der Waals surface area contributed by atoms with Gasteiger partial charge in [0.25, 0.3) is 0 Å². The molecule has 0 fully saturated rings. The lowest BCUT2D eigenvalue weighted by molar-refractivity contribution is 0.773. The SMILES string of the molecule is Cc1ccc(/C=N\N=C2\C[C@@H](c3ccccc3)N=N2)s1. The molecule has 0 amide bonds. The molecular formula is C15H14N4S. The van der Waals surface area contributed by atoms with Crippen molar-refractivity contribution in [2.45, 2.75) is 19.4 Å².